The van der Waals surface area contributed by atoms with Gasteiger partial charge in [0.2, 0.25) is 0 Å². The Morgan fingerprint density at radius 1 is 1.33 bits per heavy atom. The lowest BCUT2D eigenvalue weighted by molar-refractivity contribution is 0.331. The van der Waals surface area contributed by atoms with E-state index in [1.54, 1.807) is 11.3 Å². The summed E-state index contributed by atoms with van der Waals surface area (Å²) in [5, 5.41) is 7.07. The van der Waals surface area contributed by atoms with Crippen LogP contribution in [0.2, 0.25) is 0 Å². The van der Waals surface area contributed by atoms with Crippen molar-refractivity contribution in [1.29, 1.82) is 0 Å². The highest BCUT2D eigenvalue weighted by Gasteiger charge is 2.17. The van der Waals surface area contributed by atoms with Gasteiger partial charge in [0.05, 0.1) is 5.01 Å². The second-order valence-electron chi connectivity index (χ2n) is 6.71. The van der Waals surface area contributed by atoms with Gasteiger partial charge in [-0.05, 0) is 52.5 Å². The molecular formula is C15H28N2S. The van der Waals surface area contributed by atoms with E-state index >= 15 is 0 Å². The second kappa shape index (κ2) is 6.67. The summed E-state index contributed by atoms with van der Waals surface area (Å²) in [6.45, 7) is 14.5. The monoisotopic (exact) mass is 268 g/mol. The molecule has 1 aromatic heterocycles. The Kier molecular flexibility index (Phi) is 5.80. The van der Waals surface area contributed by atoms with E-state index in [9.17, 15) is 0 Å². The minimum Gasteiger partial charge on any atom is -0.312 e. The predicted octanol–water partition coefficient (Wildman–Crippen LogP) is 4.04. The van der Waals surface area contributed by atoms with Crippen LogP contribution in [0.4, 0.5) is 0 Å². The molecule has 0 aliphatic carbocycles. The molecule has 1 heterocycles. The molecule has 0 fully saturated rings. The molecule has 0 saturated carbocycles. The molecule has 0 radical (unpaired) electrons. The molecule has 0 saturated heterocycles. The Hall–Kier alpha value is -0.410. The van der Waals surface area contributed by atoms with Crippen molar-refractivity contribution >= 4 is 11.3 Å². The van der Waals surface area contributed by atoms with E-state index in [1.807, 2.05) is 0 Å². The van der Waals surface area contributed by atoms with Crippen molar-refractivity contribution in [3.8, 4) is 0 Å². The van der Waals surface area contributed by atoms with E-state index in [0.29, 0.717) is 5.92 Å². The Morgan fingerprint density at radius 3 is 2.44 bits per heavy atom. The van der Waals surface area contributed by atoms with Gasteiger partial charge < -0.3 is 5.32 Å². The van der Waals surface area contributed by atoms with Crippen molar-refractivity contribution in [2.45, 2.75) is 59.9 Å². The zero-order valence-electron chi connectivity index (χ0n) is 12.7. The summed E-state index contributed by atoms with van der Waals surface area (Å²) in [7, 11) is 0. The topological polar surface area (TPSA) is 24.9 Å². The number of nitrogens with one attached hydrogen (secondary N) is 1. The molecule has 1 rings (SSSR count). The van der Waals surface area contributed by atoms with E-state index in [2.05, 4.69) is 57.2 Å². The van der Waals surface area contributed by atoms with Crippen molar-refractivity contribution in [3.05, 3.63) is 16.1 Å². The van der Waals surface area contributed by atoms with Gasteiger partial charge in [-0.3, -0.25) is 0 Å². The first kappa shape index (κ1) is 15.6. The molecule has 104 valence electrons. The molecular weight excluding hydrogens is 240 g/mol. The third-order valence-electron chi connectivity index (χ3n) is 2.86. The SMILES string of the molecule is Cc1csc(CC(CNC(C)(C)C)CC(C)C)n1. The number of aryl methyl sites for hydroxylation is 1. The molecule has 3 heteroatoms. The van der Waals surface area contributed by atoms with Crippen LogP contribution in [0.15, 0.2) is 5.38 Å². The molecule has 1 N–H and O–H groups in total. The smallest absolute Gasteiger partial charge is 0.0931 e. The van der Waals surface area contributed by atoms with E-state index < -0.39 is 0 Å². The Labute approximate surface area is 116 Å². The summed E-state index contributed by atoms with van der Waals surface area (Å²) in [4.78, 5) is 4.59. The fourth-order valence-corrected chi connectivity index (χ4v) is 2.99. The first-order valence-electron chi connectivity index (χ1n) is 6.92. The molecule has 1 aromatic rings. The van der Waals surface area contributed by atoms with Crippen LogP contribution < -0.4 is 5.32 Å². The van der Waals surface area contributed by atoms with Gasteiger partial charge in [-0.1, -0.05) is 13.8 Å². The highest BCUT2D eigenvalue weighted by molar-refractivity contribution is 7.09. The van der Waals surface area contributed by atoms with E-state index in [4.69, 9.17) is 0 Å². The van der Waals surface area contributed by atoms with E-state index in [-0.39, 0.29) is 5.54 Å². The van der Waals surface area contributed by atoms with Crippen molar-refractivity contribution in [3.63, 3.8) is 0 Å². The summed E-state index contributed by atoms with van der Waals surface area (Å²) >= 11 is 1.80. The fraction of sp³-hybridized carbons (Fsp3) is 0.800. The van der Waals surface area contributed by atoms with E-state index in [1.165, 1.54) is 11.4 Å². The molecule has 1 atom stereocenters. The third kappa shape index (κ3) is 6.50. The highest BCUT2D eigenvalue weighted by Crippen LogP contribution is 2.20. The highest BCUT2D eigenvalue weighted by atomic mass is 32.1. The molecule has 2 nitrogen and oxygen atoms in total. The zero-order chi connectivity index (χ0) is 13.8. The molecule has 0 aliphatic rings. The average Bonchev–Trinajstić information content (AvgIpc) is 2.58. The summed E-state index contributed by atoms with van der Waals surface area (Å²) in [5.74, 6) is 1.44. The van der Waals surface area contributed by atoms with Gasteiger partial charge in [0, 0.05) is 23.0 Å². The minimum atomic E-state index is 0.202. The van der Waals surface area contributed by atoms with Crippen molar-refractivity contribution < 1.29 is 0 Å². The summed E-state index contributed by atoms with van der Waals surface area (Å²) in [5.41, 5.74) is 1.36. The molecule has 18 heavy (non-hydrogen) atoms. The Balaban J connectivity index is 2.55. The lowest BCUT2D eigenvalue weighted by atomic mass is 9.93. The maximum absolute atomic E-state index is 4.59. The number of nitrogens with zero attached hydrogens (tertiary/aromatic N) is 1. The molecule has 0 amide bonds. The first-order chi connectivity index (χ1) is 8.26. The number of rotatable bonds is 6. The van der Waals surface area contributed by atoms with Gasteiger partial charge in [0.1, 0.15) is 0 Å². The number of aromatic nitrogens is 1. The van der Waals surface area contributed by atoms with Crippen LogP contribution in [0.5, 0.6) is 0 Å². The number of hydrogen-bond acceptors (Lipinski definition) is 3. The number of thiazole rings is 1. The van der Waals surface area contributed by atoms with Crippen molar-refractivity contribution in [2.24, 2.45) is 11.8 Å². The van der Waals surface area contributed by atoms with Gasteiger partial charge in [0.25, 0.3) is 0 Å². The second-order valence-corrected chi connectivity index (χ2v) is 7.66. The van der Waals surface area contributed by atoms with Gasteiger partial charge in [-0.15, -0.1) is 11.3 Å². The Morgan fingerprint density at radius 2 is 2.00 bits per heavy atom. The standard InChI is InChI=1S/C15H28N2S/c1-11(2)7-13(9-16-15(4,5)6)8-14-17-12(3)10-18-14/h10-11,13,16H,7-9H2,1-6H3. The summed E-state index contributed by atoms with van der Waals surface area (Å²) in [6.07, 6.45) is 2.38. The lowest BCUT2D eigenvalue weighted by Crippen LogP contribution is -2.39. The van der Waals surface area contributed by atoms with Gasteiger partial charge in [0.15, 0.2) is 0 Å². The lowest BCUT2D eigenvalue weighted by Gasteiger charge is -2.26. The zero-order valence-corrected chi connectivity index (χ0v) is 13.5. The molecule has 0 aliphatic heterocycles. The van der Waals surface area contributed by atoms with E-state index in [0.717, 1.165) is 24.6 Å². The summed E-state index contributed by atoms with van der Waals surface area (Å²) < 4.78 is 0. The third-order valence-corrected chi connectivity index (χ3v) is 3.84. The van der Waals surface area contributed by atoms with Crippen molar-refractivity contribution in [1.82, 2.24) is 10.3 Å². The van der Waals surface area contributed by atoms with Gasteiger partial charge in [-0.2, -0.15) is 0 Å². The Bertz CT molecular complexity index is 350. The van der Waals surface area contributed by atoms with Crippen LogP contribution in [0.1, 0.15) is 51.7 Å². The largest absolute Gasteiger partial charge is 0.312 e. The minimum absolute atomic E-state index is 0.202. The number of hydrogen-bond donors (Lipinski definition) is 1. The predicted molar refractivity (Wildman–Crippen MR) is 81.3 cm³/mol. The average molecular weight is 268 g/mol. The van der Waals surface area contributed by atoms with Crippen LogP contribution in [-0.2, 0) is 6.42 Å². The quantitative estimate of drug-likeness (QED) is 0.842. The van der Waals surface area contributed by atoms with Crippen LogP contribution in [-0.4, -0.2) is 17.1 Å². The first-order valence-corrected chi connectivity index (χ1v) is 7.80. The maximum atomic E-state index is 4.59. The van der Waals surface area contributed by atoms with Gasteiger partial charge in [-0.25, -0.2) is 4.98 Å². The molecule has 0 spiro atoms. The molecule has 0 bridgehead atoms. The van der Waals surface area contributed by atoms with Gasteiger partial charge >= 0.3 is 0 Å². The van der Waals surface area contributed by atoms with Crippen LogP contribution in [0, 0.1) is 18.8 Å². The molecule has 1 unspecified atom stereocenters. The van der Waals surface area contributed by atoms with Crippen LogP contribution in [0.3, 0.4) is 0 Å². The molecule has 0 aromatic carbocycles. The van der Waals surface area contributed by atoms with Crippen LogP contribution >= 0.6 is 11.3 Å². The van der Waals surface area contributed by atoms with Crippen LogP contribution in [0.25, 0.3) is 0 Å². The fourth-order valence-electron chi connectivity index (χ4n) is 2.10. The normalized spacial score (nSPS) is 14.2. The maximum Gasteiger partial charge on any atom is 0.0931 e. The van der Waals surface area contributed by atoms with Crippen molar-refractivity contribution in [2.75, 3.05) is 6.54 Å². The summed E-state index contributed by atoms with van der Waals surface area (Å²) in [6, 6.07) is 0.